The second-order valence-electron chi connectivity index (χ2n) is 3.45. The van der Waals surface area contributed by atoms with E-state index in [1.807, 2.05) is 24.3 Å². The van der Waals surface area contributed by atoms with Gasteiger partial charge in [0, 0.05) is 17.8 Å². The highest BCUT2D eigenvalue weighted by Crippen LogP contribution is 2.16. The van der Waals surface area contributed by atoms with Crippen molar-refractivity contribution in [1.82, 2.24) is 5.32 Å². The van der Waals surface area contributed by atoms with Crippen molar-refractivity contribution in [3.05, 3.63) is 29.8 Å². The summed E-state index contributed by atoms with van der Waals surface area (Å²) in [7, 11) is 0. The zero-order valence-corrected chi connectivity index (χ0v) is 8.73. The van der Waals surface area contributed by atoms with Gasteiger partial charge < -0.3 is 15.7 Å². The predicted molar refractivity (Wildman–Crippen MR) is 62.0 cm³/mol. The Labute approximate surface area is 93.2 Å². The van der Waals surface area contributed by atoms with Crippen LogP contribution < -0.4 is 10.6 Å². The summed E-state index contributed by atoms with van der Waals surface area (Å²) in [5, 5.41) is 14.7. The van der Waals surface area contributed by atoms with Crippen LogP contribution in [0.1, 0.15) is 5.56 Å². The molecule has 16 heavy (non-hydrogen) atoms. The number of carbonyl (C=O) groups is 1. The summed E-state index contributed by atoms with van der Waals surface area (Å²) in [6, 6.07) is 7.54. The number of nitrogens with one attached hydrogen (secondary N) is 2. The fraction of sp³-hybridized carbons (Fsp3) is 0.273. The van der Waals surface area contributed by atoms with Gasteiger partial charge in [0.2, 0.25) is 0 Å². The highest BCUT2D eigenvalue weighted by molar-refractivity contribution is 6.04. The lowest BCUT2D eigenvalue weighted by Gasteiger charge is -2.10. The Bertz CT molecular complexity index is 429. The van der Waals surface area contributed by atoms with Crippen molar-refractivity contribution in [3.8, 4) is 0 Å². The molecule has 0 aliphatic carbocycles. The van der Waals surface area contributed by atoms with Crippen molar-refractivity contribution in [3.63, 3.8) is 0 Å². The lowest BCUT2D eigenvalue weighted by atomic mass is 10.1. The SMILES string of the molecule is O=C(O)CNc1ccccc1C1=NCCN1. The Morgan fingerprint density at radius 1 is 1.50 bits per heavy atom. The highest BCUT2D eigenvalue weighted by atomic mass is 16.4. The number of nitrogens with zero attached hydrogens (tertiary/aromatic N) is 1. The van der Waals surface area contributed by atoms with Gasteiger partial charge in [0.1, 0.15) is 12.4 Å². The summed E-state index contributed by atoms with van der Waals surface area (Å²) >= 11 is 0. The van der Waals surface area contributed by atoms with Crippen LogP contribution in [-0.4, -0.2) is 36.5 Å². The summed E-state index contributed by atoms with van der Waals surface area (Å²) in [6.45, 7) is 1.51. The third-order valence-electron chi connectivity index (χ3n) is 2.29. The number of aliphatic carboxylic acids is 1. The molecule has 5 nitrogen and oxygen atoms in total. The van der Waals surface area contributed by atoms with Crippen LogP contribution in [0.3, 0.4) is 0 Å². The van der Waals surface area contributed by atoms with Gasteiger partial charge in [-0.05, 0) is 12.1 Å². The first-order valence-electron chi connectivity index (χ1n) is 5.11. The molecule has 5 heteroatoms. The maximum Gasteiger partial charge on any atom is 0.322 e. The van der Waals surface area contributed by atoms with Gasteiger partial charge >= 0.3 is 5.97 Å². The summed E-state index contributed by atoms with van der Waals surface area (Å²) in [5.74, 6) is -0.0513. The van der Waals surface area contributed by atoms with Crippen LogP contribution in [0.25, 0.3) is 0 Å². The predicted octanol–water partition coefficient (Wildman–Crippen LogP) is 0.533. The van der Waals surface area contributed by atoms with E-state index in [9.17, 15) is 4.79 Å². The molecule has 0 radical (unpaired) electrons. The lowest BCUT2D eigenvalue weighted by Crippen LogP contribution is -2.22. The van der Waals surface area contributed by atoms with Crippen LogP contribution in [-0.2, 0) is 4.79 Å². The quantitative estimate of drug-likeness (QED) is 0.690. The van der Waals surface area contributed by atoms with Crippen LogP contribution >= 0.6 is 0 Å². The Hall–Kier alpha value is -2.04. The molecule has 0 spiro atoms. The zero-order valence-electron chi connectivity index (χ0n) is 8.73. The van der Waals surface area contributed by atoms with E-state index in [0.717, 1.165) is 30.2 Å². The van der Waals surface area contributed by atoms with E-state index in [2.05, 4.69) is 15.6 Å². The van der Waals surface area contributed by atoms with Gasteiger partial charge in [-0.1, -0.05) is 12.1 Å². The molecule has 1 aliphatic rings. The number of hydrogen-bond acceptors (Lipinski definition) is 4. The topological polar surface area (TPSA) is 73.7 Å². The molecule has 0 saturated heterocycles. The minimum absolute atomic E-state index is 0.0930. The summed E-state index contributed by atoms with van der Waals surface area (Å²) in [4.78, 5) is 14.8. The Morgan fingerprint density at radius 2 is 2.31 bits per heavy atom. The molecule has 0 atom stereocenters. The molecule has 0 bridgehead atoms. The molecular weight excluding hydrogens is 206 g/mol. The highest BCUT2D eigenvalue weighted by Gasteiger charge is 2.12. The number of anilines is 1. The van der Waals surface area contributed by atoms with Crippen molar-refractivity contribution in [2.75, 3.05) is 25.0 Å². The number of amidine groups is 1. The number of aliphatic imine (C=N–C) groups is 1. The summed E-state index contributed by atoms with van der Waals surface area (Å²) < 4.78 is 0. The molecule has 84 valence electrons. The molecule has 0 fully saturated rings. The van der Waals surface area contributed by atoms with E-state index in [-0.39, 0.29) is 6.54 Å². The smallest absolute Gasteiger partial charge is 0.322 e. The monoisotopic (exact) mass is 219 g/mol. The standard InChI is InChI=1S/C11H13N3O2/c15-10(16)7-14-9-4-2-1-3-8(9)11-12-5-6-13-11/h1-4,14H,5-7H2,(H,12,13)(H,15,16). The van der Waals surface area contributed by atoms with E-state index in [1.54, 1.807) is 0 Å². The molecule has 1 aromatic carbocycles. The maximum atomic E-state index is 10.5. The van der Waals surface area contributed by atoms with Gasteiger partial charge in [-0.15, -0.1) is 0 Å². The molecule has 0 saturated carbocycles. The van der Waals surface area contributed by atoms with E-state index < -0.39 is 5.97 Å². The van der Waals surface area contributed by atoms with Gasteiger partial charge in [-0.25, -0.2) is 0 Å². The molecule has 0 aromatic heterocycles. The van der Waals surface area contributed by atoms with Crippen LogP contribution in [0.5, 0.6) is 0 Å². The second kappa shape index (κ2) is 4.65. The number of para-hydroxylation sites is 1. The first kappa shape index (κ1) is 10.5. The molecule has 0 unspecified atom stereocenters. The van der Waals surface area contributed by atoms with Crippen molar-refractivity contribution >= 4 is 17.5 Å². The van der Waals surface area contributed by atoms with Crippen molar-refractivity contribution in [1.29, 1.82) is 0 Å². The van der Waals surface area contributed by atoms with Gasteiger partial charge in [0.15, 0.2) is 0 Å². The first-order chi connectivity index (χ1) is 7.77. The Balaban J connectivity index is 2.20. The Kier molecular flexibility index (Phi) is 3.05. The average molecular weight is 219 g/mol. The third-order valence-corrected chi connectivity index (χ3v) is 2.29. The van der Waals surface area contributed by atoms with Crippen LogP contribution in [0, 0.1) is 0 Å². The van der Waals surface area contributed by atoms with Crippen LogP contribution in [0.2, 0.25) is 0 Å². The minimum atomic E-state index is -0.879. The number of benzene rings is 1. The second-order valence-corrected chi connectivity index (χ2v) is 3.45. The van der Waals surface area contributed by atoms with Crippen LogP contribution in [0.15, 0.2) is 29.3 Å². The van der Waals surface area contributed by atoms with E-state index in [4.69, 9.17) is 5.11 Å². The normalized spacial score (nSPS) is 14.1. The molecular formula is C11H13N3O2. The molecule has 1 aliphatic heterocycles. The van der Waals surface area contributed by atoms with E-state index in [0.29, 0.717) is 0 Å². The number of carboxylic acid groups (broad SMARTS) is 1. The molecule has 2 rings (SSSR count). The first-order valence-corrected chi connectivity index (χ1v) is 5.11. The van der Waals surface area contributed by atoms with Crippen molar-refractivity contribution in [2.45, 2.75) is 0 Å². The molecule has 3 N–H and O–H groups in total. The van der Waals surface area contributed by atoms with Crippen molar-refractivity contribution in [2.24, 2.45) is 4.99 Å². The number of rotatable bonds is 4. The molecule has 1 heterocycles. The van der Waals surface area contributed by atoms with Gasteiger partial charge in [0.25, 0.3) is 0 Å². The fourth-order valence-electron chi connectivity index (χ4n) is 1.59. The van der Waals surface area contributed by atoms with Crippen molar-refractivity contribution < 1.29 is 9.90 Å². The fourth-order valence-corrected chi connectivity index (χ4v) is 1.59. The number of hydrogen-bond donors (Lipinski definition) is 3. The van der Waals surface area contributed by atoms with E-state index in [1.165, 1.54) is 0 Å². The summed E-state index contributed by atoms with van der Waals surface area (Å²) in [6.07, 6.45) is 0. The largest absolute Gasteiger partial charge is 0.480 e. The Morgan fingerprint density at radius 3 is 3.00 bits per heavy atom. The molecule has 1 aromatic rings. The summed E-state index contributed by atoms with van der Waals surface area (Å²) in [5.41, 5.74) is 1.71. The number of carboxylic acids is 1. The minimum Gasteiger partial charge on any atom is -0.480 e. The zero-order chi connectivity index (χ0) is 11.4. The average Bonchev–Trinajstić information content (AvgIpc) is 2.80. The third kappa shape index (κ3) is 2.31. The van der Waals surface area contributed by atoms with Gasteiger partial charge in [-0.2, -0.15) is 0 Å². The van der Waals surface area contributed by atoms with Gasteiger partial charge in [0.05, 0.1) is 6.54 Å². The maximum absolute atomic E-state index is 10.5. The van der Waals surface area contributed by atoms with Gasteiger partial charge in [-0.3, -0.25) is 9.79 Å². The van der Waals surface area contributed by atoms with E-state index >= 15 is 0 Å². The molecule has 0 amide bonds. The van der Waals surface area contributed by atoms with Crippen LogP contribution in [0.4, 0.5) is 5.69 Å². The lowest BCUT2D eigenvalue weighted by molar-refractivity contribution is -0.134.